The maximum absolute atomic E-state index is 12.3. The van der Waals surface area contributed by atoms with Crippen LogP contribution in [0.25, 0.3) is 0 Å². The Bertz CT molecular complexity index is 381. The first-order chi connectivity index (χ1) is 9.16. The van der Waals surface area contributed by atoms with Crippen LogP contribution in [0.2, 0.25) is 0 Å². The van der Waals surface area contributed by atoms with E-state index in [0.29, 0.717) is 24.8 Å². The van der Waals surface area contributed by atoms with Gasteiger partial charge in [-0.1, -0.05) is 12.8 Å². The van der Waals surface area contributed by atoms with Crippen molar-refractivity contribution in [1.29, 1.82) is 0 Å². The van der Waals surface area contributed by atoms with Crippen molar-refractivity contribution in [3.63, 3.8) is 0 Å². The minimum atomic E-state index is -0.851. The molecule has 1 heterocycles. The van der Waals surface area contributed by atoms with Gasteiger partial charge >= 0.3 is 12.0 Å². The summed E-state index contributed by atoms with van der Waals surface area (Å²) in [6, 6.07) is -0.630. The fourth-order valence-corrected chi connectivity index (χ4v) is 3.62. The van der Waals surface area contributed by atoms with Gasteiger partial charge in [-0.2, -0.15) is 0 Å². The molecule has 2 saturated carbocycles. The van der Waals surface area contributed by atoms with Gasteiger partial charge in [-0.25, -0.2) is 9.59 Å². The average molecular weight is 266 g/mol. The second kappa shape index (κ2) is 5.02. The van der Waals surface area contributed by atoms with Gasteiger partial charge in [0.2, 0.25) is 0 Å². The summed E-state index contributed by atoms with van der Waals surface area (Å²) in [7, 11) is 0. The van der Waals surface area contributed by atoms with Crippen molar-refractivity contribution in [2.75, 3.05) is 6.54 Å². The highest BCUT2D eigenvalue weighted by Crippen LogP contribution is 2.39. The van der Waals surface area contributed by atoms with Gasteiger partial charge in [-0.05, 0) is 43.9 Å². The fourth-order valence-electron chi connectivity index (χ4n) is 3.62. The SMILES string of the molecule is O=C(O)C1CC2CCCCC2N1C(=O)NCC1CC1. The van der Waals surface area contributed by atoms with Crippen molar-refractivity contribution in [3.05, 3.63) is 0 Å². The van der Waals surface area contributed by atoms with Crippen molar-refractivity contribution < 1.29 is 14.7 Å². The fraction of sp³-hybridized carbons (Fsp3) is 0.857. The highest BCUT2D eigenvalue weighted by atomic mass is 16.4. The predicted octanol–water partition coefficient (Wildman–Crippen LogP) is 1.82. The van der Waals surface area contributed by atoms with E-state index in [-0.39, 0.29) is 12.1 Å². The molecule has 5 heteroatoms. The number of hydrogen-bond donors (Lipinski definition) is 2. The molecule has 1 aliphatic heterocycles. The summed E-state index contributed by atoms with van der Waals surface area (Å²) in [6.07, 6.45) is 7.33. The van der Waals surface area contributed by atoms with Crippen LogP contribution in [-0.4, -0.2) is 40.6 Å². The Balaban J connectivity index is 1.69. The quantitative estimate of drug-likeness (QED) is 0.818. The summed E-state index contributed by atoms with van der Waals surface area (Å²) in [5.41, 5.74) is 0. The Morgan fingerprint density at radius 1 is 1.16 bits per heavy atom. The lowest BCUT2D eigenvalue weighted by atomic mass is 9.85. The molecule has 0 aromatic heterocycles. The van der Waals surface area contributed by atoms with Crippen LogP contribution in [0.1, 0.15) is 44.9 Å². The minimum Gasteiger partial charge on any atom is -0.480 e. The second-order valence-electron chi connectivity index (χ2n) is 6.24. The van der Waals surface area contributed by atoms with Crippen LogP contribution in [0, 0.1) is 11.8 Å². The molecule has 0 spiro atoms. The molecule has 2 N–H and O–H groups in total. The largest absolute Gasteiger partial charge is 0.480 e. The molecule has 2 amide bonds. The van der Waals surface area contributed by atoms with Gasteiger partial charge in [-0.3, -0.25) is 0 Å². The Hall–Kier alpha value is -1.26. The Kier molecular flexibility index (Phi) is 3.37. The molecular formula is C14H22N2O3. The number of carbonyl (C=O) groups is 2. The third kappa shape index (κ3) is 2.55. The standard InChI is InChI=1S/C14H22N2O3/c17-13(18)12-7-10-3-1-2-4-11(10)16(12)14(19)15-8-9-5-6-9/h9-12H,1-8H2,(H,15,19)(H,17,18). The zero-order chi connectivity index (χ0) is 13.4. The molecule has 3 unspecified atom stereocenters. The summed E-state index contributed by atoms with van der Waals surface area (Å²) in [4.78, 5) is 25.3. The number of hydrogen-bond acceptors (Lipinski definition) is 2. The molecule has 0 aromatic rings. The first-order valence-corrected chi connectivity index (χ1v) is 7.46. The van der Waals surface area contributed by atoms with E-state index in [1.165, 1.54) is 19.3 Å². The van der Waals surface area contributed by atoms with Crippen molar-refractivity contribution in [2.45, 2.75) is 57.0 Å². The lowest BCUT2D eigenvalue weighted by Gasteiger charge is -2.33. The number of carbonyl (C=O) groups excluding carboxylic acids is 1. The van der Waals surface area contributed by atoms with E-state index in [1.54, 1.807) is 4.90 Å². The van der Waals surface area contributed by atoms with Crippen LogP contribution < -0.4 is 5.32 Å². The van der Waals surface area contributed by atoms with E-state index < -0.39 is 12.0 Å². The molecule has 0 aromatic carbocycles. The normalized spacial score (nSPS) is 33.9. The molecule has 3 rings (SSSR count). The molecule has 1 saturated heterocycles. The number of urea groups is 1. The molecule has 3 atom stereocenters. The smallest absolute Gasteiger partial charge is 0.326 e. The summed E-state index contributed by atoms with van der Waals surface area (Å²) in [5, 5.41) is 12.3. The molecule has 3 fully saturated rings. The first kappa shape index (κ1) is 12.8. The number of carboxylic acids is 1. The Morgan fingerprint density at radius 2 is 1.89 bits per heavy atom. The van der Waals surface area contributed by atoms with Gasteiger partial charge in [0.25, 0.3) is 0 Å². The predicted molar refractivity (Wildman–Crippen MR) is 69.7 cm³/mol. The average Bonchev–Trinajstić information content (AvgIpc) is 3.14. The molecule has 106 valence electrons. The van der Waals surface area contributed by atoms with E-state index in [4.69, 9.17) is 0 Å². The van der Waals surface area contributed by atoms with Gasteiger partial charge < -0.3 is 15.3 Å². The van der Waals surface area contributed by atoms with E-state index >= 15 is 0 Å². The maximum Gasteiger partial charge on any atom is 0.326 e. The number of likely N-dealkylation sites (tertiary alicyclic amines) is 1. The summed E-state index contributed by atoms with van der Waals surface area (Å²) in [5.74, 6) is 0.162. The van der Waals surface area contributed by atoms with Crippen LogP contribution >= 0.6 is 0 Å². The van der Waals surface area contributed by atoms with E-state index in [2.05, 4.69) is 5.32 Å². The minimum absolute atomic E-state index is 0.147. The maximum atomic E-state index is 12.3. The monoisotopic (exact) mass is 266 g/mol. The summed E-state index contributed by atoms with van der Waals surface area (Å²) in [6.45, 7) is 0.707. The number of fused-ring (bicyclic) bond motifs is 1. The summed E-state index contributed by atoms with van der Waals surface area (Å²) >= 11 is 0. The van der Waals surface area contributed by atoms with Crippen LogP contribution in [0.15, 0.2) is 0 Å². The Morgan fingerprint density at radius 3 is 2.58 bits per heavy atom. The zero-order valence-corrected chi connectivity index (χ0v) is 11.2. The third-order valence-electron chi connectivity index (χ3n) is 4.85. The van der Waals surface area contributed by atoms with E-state index in [9.17, 15) is 14.7 Å². The number of amides is 2. The topological polar surface area (TPSA) is 69.6 Å². The molecule has 0 bridgehead atoms. The summed E-state index contributed by atoms with van der Waals surface area (Å²) < 4.78 is 0. The van der Waals surface area contributed by atoms with Crippen molar-refractivity contribution >= 4 is 12.0 Å². The highest BCUT2D eigenvalue weighted by molar-refractivity contribution is 5.83. The lowest BCUT2D eigenvalue weighted by Crippen LogP contribution is -2.51. The van der Waals surface area contributed by atoms with Gasteiger partial charge in [0, 0.05) is 12.6 Å². The van der Waals surface area contributed by atoms with Crippen LogP contribution in [0.5, 0.6) is 0 Å². The lowest BCUT2D eigenvalue weighted by molar-refractivity contribution is -0.141. The molecule has 3 aliphatic rings. The van der Waals surface area contributed by atoms with Gasteiger partial charge in [0.05, 0.1) is 0 Å². The van der Waals surface area contributed by atoms with Crippen molar-refractivity contribution in [2.24, 2.45) is 11.8 Å². The number of aliphatic carboxylic acids is 1. The zero-order valence-electron chi connectivity index (χ0n) is 11.2. The van der Waals surface area contributed by atoms with Crippen LogP contribution in [0.3, 0.4) is 0 Å². The molecular weight excluding hydrogens is 244 g/mol. The number of rotatable bonds is 3. The first-order valence-electron chi connectivity index (χ1n) is 7.46. The second-order valence-corrected chi connectivity index (χ2v) is 6.24. The number of nitrogens with one attached hydrogen (secondary N) is 1. The molecule has 2 aliphatic carbocycles. The Labute approximate surface area is 113 Å². The van der Waals surface area contributed by atoms with E-state index in [0.717, 1.165) is 19.3 Å². The highest BCUT2D eigenvalue weighted by Gasteiger charge is 2.47. The van der Waals surface area contributed by atoms with Gasteiger partial charge in [-0.15, -0.1) is 0 Å². The van der Waals surface area contributed by atoms with Crippen LogP contribution in [0.4, 0.5) is 4.79 Å². The molecule has 19 heavy (non-hydrogen) atoms. The van der Waals surface area contributed by atoms with Gasteiger partial charge in [0.1, 0.15) is 6.04 Å². The molecule has 5 nitrogen and oxygen atoms in total. The van der Waals surface area contributed by atoms with Crippen LogP contribution in [-0.2, 0) is 4.79 Å². The molecule has 0 radical (unpaired) electrons. The number of carboxylic acid groups (broad SMARTS) is 1. The van der Waals surface area contributed by atoms with Gasteiger partial charge in [0.15, 0.2) is 0 Å². The number of nitrogens with zero attached hydrogens (tertiary/aromatic N) is 1. The van der Waals surface area contributed by atoms with Crippen molar-refractivity contribution in [1.82, 2.24) is 10.2 Å². The van der Waals surface area contributed by atoms with Crippen molar-refractivity contribution in [3.8, 4) is 0 Å². The van der Waals surface area contributed by atoms with E-state index in [1.807, 2.05) is 0 Å². The third-order valence-corrected chi connectivity index (χ3v) is 4.85.